The van der Waals surface area contributed by atoms with Crippen molar-refractivity contribution in [2.24, 2.45) is 0 Å². The average Bonchev–Trinajstić information content (AvgIpc) is 2.59. The van der Waals surface area contributed by atoms with Crippen LogP contribution in [0.4, 0.5) is 0 Å². The van der Waals surface area contributed by atoms with Crippen LogP contribution in [0.3, 0.4) is 0 Å². The van der Waals surface area contributed by atoms with E-state index >= 15 is 0 Å². The molecular weight excluding hydrogens is 178 g/mol. The van der Waals surface area contributed by atoms with Gasteiger partial charge in [-0.2, -0.15) is 0 Å². The van der Waals surface area contributed by atoms with Gasteiger partial charge in [-0.3, -0.25) is 9.78 Å². The summed E-state index contributed by atoms with van der Waals surface area (Å²) in [5.41, 5.74) is 1.77. The summed E-state index contributed by atoms with van der Waals surface area (Å²) in [6.07, 6.45) is 3.55. The van der Waals surface area contributed by atoms with Gasteiger partial charge in [-0.15, -0.1) is 0 Å². The van der Waals surface area contributed by atoms with Crippen LogP contribution in [0.1, 0.15) is 10.5 Å². The first-order chi connectivity index (χ1) is 6.86. The summed E-state index contributed by atoms with van der Waals surface area (Å²) in [6.45, 7) is 1.53. The molecule has 4 heteroatoms. The Kier molecular flexibility index (Phi) is 1.39. The van der Waals surface area contributed by atoms with Crippen LogP contribution < -0.4 is 5.32 Å². The van der Waals surface area contributed by atoms with Gasteiger partial charge in [0.15, 0.2) is 0 Å². The molecule has 0 aromatic carbocycles. The molecule has 0 radical (unpaired) electrons. The predicted octanol–water partition coefficient (Wildman–Crippen LogP) is 0.780. The SMILES string of the molecule is O=C1NCCn2c1cc1ccncc12. The van der Waals surface area contributed by atoms with Crippen LogP contribution >= 0.6 is 0 Å². The molecule has 2 aromatic rings. The van der Waals surface area contributed by atoms with Gasteiger partial charge in [0.25, 0.3) is 5.91 Å². The Labute approximate surface area is 80.6 Å². The normalized spacial score (nSPS) is 15.3. The molecule has 0 unspecified atom stereocenters. The lowest BCUT2D eigenvalue weighted by Crippen LogP contribution is -2.34. The average molecular weight is 187 g/mol. The molecule has 70 valence electrons. The molecule has 0 saturated carbocycles. The number of hydrogen-bond acceptors (Lipinski definition) is 2. The quantitative estimate of drug-likeness (QED) is 0.662. The summed E-state index contributed by atoms with van der Waals surface area (Å²) < 4.78 is 2.02. The van der Waals surface area contributed by atoms with Crippen molar-refractivity contribution < 1.29 is 4.79 Å². The van der Waals surface area contributed by atoms with E-state index in [4.69, 9.17) is 0 Å². The van der Waals surface area contributed by atoms with E-state index in [0.717, 1.165) is 23.1 Å². The molecule has 0 spiro atoms. The van der Waals surface area contributed by atoms with E-state index in [1.807, 2.05) is 16.7 Å². The van der Waals surface area contributed by atoms with Crippen LogP contribution in [0, 0.1) is 0 Å². The second kappa shape index (κ2) is 2.57. The van der Waals surface area contributed by atoms with E-state index in [0.29, 0.717) is 6.54 Å². The van der Waals surface area contributed by atoms with Gasteiger partial charge in [-0.25, -0.2) is 0 Å². The van der Waals surface area contributed by atoms with Crippen LogP contribution in [0.15, 0.2) is 24.5 Å². The first-order valence-corrected chi connectivity index (χ1v) is 4.58. The molecule has 2 aromatic heterocycles. The molecule has 0 bridgehead atoms. The van der Waals surface area contributed by atoms with Crippen molar-refractivity contribution in [2.75, 3.05) is 6.54 Å². The van der Waals surface area contributed by atoms with Crippen molar-refractivity contribution in [2.45, 2.75) is 6.54 Å². The lowest BCUT2D eigenvalue weighted by atomic mass is 10.3. The molecular formula is C10H9N3O. The standard InChI is InChI=1S/C10H9N3O/c14-10-8-5-7-1-2-11-6-9(7)13(8)4-3-12-10/h1-2,5-6H,3-4H2,(H,12,14). The fourth-order valence-corrected chi connectivity index (χ4v) is 1.90. The van der Waals surface area contributed by atoms with Gasteiger partial charge >= 0.3 is 0 Å². The van der Waals surface area contributed by atoms with E-state index < -0.39 is 0 Å². The minimum Gasteiger partial charge on any atom is -0.349 e. The first kappa shape index (κ1) is 7.55. The molecule has 0 saturated heterocycles. The molecule has 0 fully saturated rings. The molecule has 1 amide bonds. The monoisotopic (exact) mass is 187 g/mol. The predicted molar refractivity (Wildman–Crippen MR) is 52.1 cm³/mol. The van der Waals surface area contributed by atoms with Crippen LogP contribution in [0.25, 0.3) is 10.9 Å². The second-order valence-electron chi connectivity index (χ2n) is 3.37. The summed E-state index contributed by atoms with van der Waals surface area (Å²) in [7, 11) is 0. The van der Waals surface area contributed by atoms with Crippen molar-refractivity contribution in [3.8, 4) is 0 Å². The Morgan fingerprint density at radius 3 is 3.36 bits per heavy atom. The maximum Gasteiger partial charge on any atom is 0.268 e. The topological polar surface area (TPSA) is 46.9 Å². The van der Waals surface area contributed by atoms with E-state index in [1.54, 1.807) is 12.4 Å². The zero-order valence-electron chi connectivity index (χ0n) is 7.53. The highest BCUT2D eigenvalue weighted by atomic mass is 16.2. The largest absolute Gasteiger partial charge is 0.349 e. The molecule has 0 atom stereocenters. The van der Waals surface area contributed by atoms with E-state index in [2.05, 4.69) is 10.3 Å². The van der Waals surface area contributed by atoms with Gasteiger partial charge in [0.2, 0.25) is 0 Å². The van der Waals surface area contributed by atoms with E-state index in [9.17, 15) is 4.79 Å². The minimum absolute atomic E-state index is 0.00690. The molecule has 4 nitrogen and oxygen atoms in total. The second-order valence-corrected chi connectivity index (χ2v) is 3.37. The molecule has 1 aliphatic heterocycles. The molecule has 1 N–H and O–H groups in total. The van der Waals surface area contributed by atoms with Gasteiger partial charge in [0, 0.05) is 24.7 Å². The number of rotatable bonds is 0. The van der Waals surface area contributed by atoms with Crippen LogP contribution in [-0.4, -0.2) is 22.0 Å². The van der Waals surface area contributed by atoms with Crippen molar-refractivity contribution >= 4 is 16.8 Å². The van der Waals surface area contributed by atoms with E-state index in [1.165, 1.54) is 0 Å². The minimum atomic E-state index is 0.00690. The fourth-order valence-electron chi connectivity index (χ4n) is 1.90. The van der Waals surface area contributed by atoms with E-state index in [-0.39, 0.29) is 5.91 Å². The van der Waals surface area contributed by atoms with Crippen molar-refractivity contribution in [3.63, 3.8) is 0 Å². The highest BCUT2D eigenvalue weighted by Crippen LogP contribution is 2.19. The zero-order chi connectivity index (χ0) is 9.54. The maximum atomic E-state index is 11.5. The fraction of sp³-hybridized carbons (Fsp3) is 0.200. The molecule has 0 aliphatic carbocycles. The lowest BCUT2D eigenvalue weighted by molar-refractivity contribution is 0.0929. The number of nitrogens with zero attached hydrogens (tertiary/aromatic N) is 2. The third-order valence-corrected chi connectivity index (χ3v) is 2.56. The van der Waals surface area contributed by atoms with Gasteiger partial charge in [0.1, 0.15) is 5.69 Å². The molecule has 3 rings (SSSR count). The summed E-state index contributed by atoms with van der Waals surface area (Å²) in [5, 5.41) is 3.89. The summed E-state index contributed by atoms with van der Waals surface area (Å²) >= 11 is 0. The van der Waals surface area contributed by atoms with Gasteiger partial charge in [0.05, 0.1) is 11.7 Å². The Hall–Kier alpha value is -1.84. The summed E-state index contributed by atoms with van der Waals surface area (Å²) in [4.78, 5) is 15.6. The highest BCUT2D eigenvalue weighted by Gasteiger charge is 2.18. The number of aromatic nitrogens is 2. The maximum absolute atomic E-state index is 11.5. The number of pyridine rings is 1. The number of hydrogen-bond donors (Lipinski definition) is 1. The van der Waals surface area contributed by atoms with Gasteiger partial charge < -0.3 is 9.88 Å². The summed E-state index contributed by atoms with van der Waals surface area (Å²) in [5.74, 6) is 0.00690. The van der Waals surface area contributed by atoms with Crippen LogP contribution in [0.5, 0.6) is 0 Å². The van der Waals surface area contributed by atoms with Crippen molar-refractivity contribution in [1.29, 1.82) is 0 Å². The Morgan fingerprint density at radius 1 is 1.50 bits per heavy atom. The van der Waals surface area contributed by atoms with Gasteiger partial charge in [-0.1, -0.05) is 0 Å². The number of carbonyl (C=O) groups is 1. The summed E-state index contributed by atoms with van der Waals surface area (Å²) in [6, 6.07) is 3.83. The first-order valence-electron chi connectivity index (χ1n) is 4.58. The third kappa shape index (κ3) is 0.878. The van der Waals surface area contributed by atoms with Crippen molar-refractivity contribution in [1.82, 2.24) is 14.9 Å². The van der Waals surface area contributed by atoms with Crippen LogP contribution in [0.2, 0.25) is 0 Å². The Bertz CT molecular complexity index is 515. The molecule has 3 heterocycles. The number of carbonyl (C=O) groups excluding carboxylic acids is 1. The van der Waals surface area contributed by atoms with Gasteiger partial charge in [-0.05, 0) is 12.1 Å². The third-order valence-electron chi connectivity index (χ3n) is 2.56. The van der Waals surface area contributed by atoms with Crippen LogP contribution in [-0.2, 0) is 6.54 Å². The van der Waals surface area contributed by atoms with Crippen molar-refractivity contribution in [3.05, 3.63) is 30.2 Å². The number of fused-ring (bicyclic) bond motifs is 3. The highest BCUT2D eigenvalue weighted by molar-refractivity contribution is 5.99. The number of nitrogens with one attached hydrogen (secondary N) is 1. The molecule has 1 aliphatic rings. The molecule has 14 heavy (non-hydrogen) atoms. The smallest absolute Gasteiger partial charge is 0.268 e. The number of amides is 1. The zero-order valence-corrected chi connectivity index (χ0v) is 7.53. The lowest BCUT2D eigenvalue weighted by Gasteiger charge is -2.16. The Morgan fingerprint density at radius 2 is 2.43 bits per heavy atom. The Balaban J connectivity index is 2.38.